The largest absolute Gasteiger partial charge is 0.313 e. The van der Waals surface area contributed by atoms with Gasteiger partial charge in [0.15, 0.2) is 0 Å². The summed E-state index contributed by atoms with van der Waals surface area (Å²) in [7, 11) is -3.43. The third kappa shape index (κ3) is 3.59. The number of rotatable bonds is 3. The second kappa shape index (κ2) is 4.70. The van der Waals surface area contributed by atoms with Crippen LogP contribution in [0.3, 0.4) is 0 Å². The molecule has 1 aliphatic rings. The average molecular weight is 218 g/mol. The van der Waals surface area contributed by atoms with E-state index in [9.17, 15) is 8.42 Å². The Hall–Kier alpha value is -0.680. The first kappa shape index (κ1) is 11.4. The van der Waals surface area contributed by atoms with Crippen molar-refractivity contribution in [2.45, 2.75) is 6.04 Å². The normalized spacial score (nSPS) is 24.4. The van der Waals surface area contributed by atoms with Gasteiger partial charge in [-0.25, -0.2) is 13.6 Å². The van der Waals surface area contributed by atoms with E-state index < -0.39 is 10.0 Å². The van der Waals surface area contributed by atoms with Crippen molar-refractivity contribution >= 4 is 10.0 Å². The molecule has 0 amide bonds. The van der Waals surface area contributed by atoms with Crippen LogP contribution < -0.4 is 10.5 Å². The molecule has 3 N–H and O–H groups in total. The zero-order valence-electron chi connectivity index (χ0n) is 7.81. The van der Waals surface area contributed by atoms with E-state index in [1.807, 2.05) is 4.90 Å². The molecule has 1 atom stereocenters. The molecule has 0 aromatic carbocycles. The van der Waals surface area contributed by atoms with E-state index in [0.717, 1.165) is 6.54 Å². The van der Waals surface area contributed by atoms with Crippen molar-refractivity contribution in [3.8, 4) is 6.07 Å². The van der Waals surface area contributed by atoms with Crippen LogP contribution in [0.1, 0.15) is 0 Å². The molecular weight excluding hydrogens is 204 g/mol. The smallest absolute Gasteiger partial charge is 0.210 e. The fourth-order valence-corrected chi connectivity index (χ4v) is 1.87. The van der Waals surface area contributed by atoms with Crippen LogP contribution in [0.5, 0.6) is 0 Å². The average Bonchev–Trinajstić information content (AvgIpc) is 2.14. The minimum absolute atomic E-state index is 0.0921. The number of nitrogens with one attached hydrogen (secondary N) is 1. The Kier molecular flexibility index (Phi) is 3.83. The first-order chi connectivity index (χ1) is 6.53. The number of sulfonamides is 1. The molecule has 1 fully saturated rings. The lowest BCUT2D eigenvalue weighted by Crippen LogP contribution is -2.52. The highest BCUT2D eigenvalue weighted by Gasteiger charge is 2.22. The fraction of sp³-hybridized carbons (Fsp3) is 0.857. The van der Waals surface area contributed by atoms with Crippen molar-refractivity contribution in [2.75, 3.05) is 31.9 Å². The van der Waals surface area contributed by atoms with Gasteiger partial charge in [-0.1, -0.05) is 0 Å². The van der Waals surface area contributed by atoms with Gasteiger partial charge in [-0.3, -0.25) is 4.90 Å². The summed E-state index contributed by atoms with van der Waals surface area (Å²) in [5.41, 5.74) is 0. The molecule has 0 spiro atoms. The standard InChI is InChI=1S/C7H14N4O2S/c8-5-7-6-10-1-2-11(7)3-4-14(9,12)13/h7,10H,1-4,6H2,(H2,9,12,13). The van der Waals surface area contributed by atoms with Gasteiger partial charge in [-0.15, -0.1) is 0 Å². The number of piperazine rings is 1. The highest BCUT2D eigenvalue weighted by atomic mass is 32.2. The second-order valence-corrected chi connectivity index (χ2v) is 4.99. The maximum atomic E-state index is 10.7. The van der Waals surface area contributed by atoms with E-state index >= 15 is 0 Å². The Morgan fingerprint density at radius 1 is 1.64 bits per heavy atom. The quantitative estimate of drug-likeness (QED) is 0.575. The van der Waals surface area contributed by atoms with E-state index in [-0.39, 0.29) is 11.8 Å². The molecule has 14 heavy (non-hydrogen) atoms. The predicted octanol–water partition coefficient (Wildman–Crippen LogP) is -1.93. The van der Waals surface area contributed by atoms with Crippen molar-refractivity contribution in [1.82, 2.24) is 10.2 Å². The molecule has 0 aliphatic carbocycles. The Labute approximate surface area is 83.7 Å². The molecule has 0 aromatic rings. The van der Waals surface area contributed by atoms with Gasteiger partial charge in [0.25, 0.3) is 0 Å². The molecule has 0 aromatic heterocycles. The molecule has 1 unspecified atom stereocenters. The van der Waals surface area contributed by atoms with Crippen LogP contribution in [0.15, 0.2) is 0 Å². The van der Waals surface area contributed by atoms with Crippen molar-refractivity contribution in [3.63, 3.8) is 0 Å². The van der Waals surface area contributed by atoms with Gasteiger partial charge in [0.05, 0.1) is 11.8 Å². The monoisotopic (exact) mass is 218 g/mol. The number of nitriles is 1. The highest BCUT2D eigenvalue weighted by molar-refractivity contribution is 7.89. The number of primary sulfonamides is 1. The van der Waals surface area contributed by atoms with Gasteiger partial charge in [-0.05, 0) is 0 Å². The third-order valence-corrected chi connectivity index (χ3v) is 2.92. The molecular formula is C7H14N4O2S. The van der Waals surface area contributed by atoms with Crippen LogP contribution in [0, 0.1) is 11.3 Å². The molecule has 80 valence electrons. The zero-order chi connectivity index (χ0) is 10.6. The molecule has 0 radical (unpaired) electrons. The topological polar surface area (TPSA) is 99.2 Å². The summed E-state index contributed by atoms with van der Waals surface area (Å²) in [6.45, 7) is 2.39. The maximum absolute atomic E-state index is 10.7. The van der Waals surface area contributed by atoms with Crippen LogP contribution in [-0.2, 0) is 10.0 Å². The first-order valence-corrected chi connectivity index (χ1v) is 6.09. The number of hydrogen-bond donors (Lipinski definition) is 2. The Bertz CT molecular complexity index is 321. The van der Waals surface area contributed by atoms with E-state index in [0.29, 0.717) is 19.6 Å². The van der Waals surface area contributed by atoms with Crippen LogP contribution >= 0.6 is 0 Å². The molecule has 0 saturated carbocycles. The van der Waals surface area contributed by atoms with Crippen LogP contribution in [-0.4, -0.2) is 51.3 Å². The molecule has 7 heteroatoms. The van der Waals surface area contributed by atoms with Crippen molar-refractivity contribution in [3.05, 3.63) is 0 Å². The zero-order valence-corrected chi connectivity index (χ0v) is 8.63. The molecule has 1 saturated heterocycles. The van der Waals surface area contributed by atoms with E-state index in [2.05, 4.69) is 11.4 Å². The SMILES string of the molecule is N#CC1CNCCN1CCS(N)(=O)=O. The maximum Gasteiger partial charge on any atom is 0.210 e. The van der Waals surface area contributed by atoms with Crippen LogP contribution in [0.4, 0.5) is 0 Å². The lowest BCUT2D eigenvalue weighted by molar-refractivity contribution is 0.208. The summed E-state index contributed by atoms with van der Waals surface area (Å²) >= 11 is 0. The summed E-state index contributed by atoms with van der Waals surface area (Å²) in [5, 5.41) is 16.7. The van der Waals surface area contributed by atoms with Crippen molar-refractivity contribution in [2.24, 2.45) is 5.14 Å². The summed E-state index contributed by atoms with van der Waals surface area (Å²) < 4.78 is 21.4. The number of nitrogens with zero attached hydrogens (tertiary/aromatic N) is 2. The van der Waals surface area contributed by atoms with Gasteiger partial charge >= 0.3 is 0 Å². The van der Waals surface area contributed by atoms with Gasteiger partial charge in [-0.2, -0.15) is 5.26 Å². The summed E-state index contributed by atoms with van der Waals surface area (Å²) in [5.74, 6) is -0.0921. The van der Waals surface area contributed by atoms with Gasteiger partial charge in [0.2, 0.25) is 10.0 Å². The molecule has 1 rings (SSSR count). The first-order valence-electron chi connectivity index (χ1n) is 4.38. The molecule has 0 bridgehead atoms. The Balaban J connectivity index is 2.46. The lowest BCUT2D eigenvalue weighted by Gasteiger charge is -2.31. The fourth-order valence-electron chi connectivity index (χ4n) is 1.39. The van der Waals surface area contributed by atoms with Crippen LogP contribution in [0.2, 0.25) is 0 Å². The lowest BCUT2D eigenvalue weighted by atomic mass is 10.2. The van der Waals surface area contributed by atoms with E-state index in [1.165, 1.54) is 0 Å². The minimum atomic E-state index is -3.43. The van der Waals surface area contributed by atoms with Gasteiger partial charge in [0, 0.05) is 26.2 Å². The van der Waals surface area contributed by atoms with Gasteiger partial charge < -0.3 is 5.32 Å². The van der Waals surface area contributed by atoms with Crippen LogP contribution in [0.25, 0.3) is 0 Å². The van der Waals surface area contributed by atoms with Gasteiger partial charge in [0.1, 0.15) is 6.04 Å². The number of hydrogen-bond acceptors (Lipinski definition) is 5. The Morgan fingerprint density at radius 3 is 2.93 bits per heavy atom. The number of nitrogens with two attached hydrogens (primary N) is 1. The van der Waals surface area contributed by atoms with E-state index in [4.69, 9.17) is 10.4 Å². The summed E-state index contributed by atoms with van der Waals surface area (Å²) in [6, 6.07) is 1.87. The summed E-state index contributed by atoms with van der Waals surface area (Å²) in [4.78, 5) is 1.83. The minimum Gasteiger partial charge on any atom is -0.313 e. The molecule has 1 aliphatic heterocycles. The molecule has 1 heterocycles. The third-order valence-electron chi connectivity index (χ3n) is 2.17. The van der Waals surface area contributed by atoms with Crippen molar-refractivity contribution < 1.29 is 8.42 Å². The van der Waals surface area contributed by atoms with E-state index in [1.54, 1.807) is 0 Å². The highest BCUT2D eigenvalue weighted by Crippen LogP contribution is 2.01. The Morgan fingerprint density at radius 2 is 2.36 bits per heavy atom. The second-order valence-electron chi connectivity index (χ2n) is 3.25. The van der Waals surface area contributed by atoms with Crippen molar-refractivity contribution in [1.29, 1.82) is 5.26 Å². The molecule has 6 nitrogen and oxygen atoms in total. The predicted molar refractivity (Wildman–Crippen MR) is 51.8 cm³/mol. The summed E-state index contributed by atoms with van der Waals surface area (Å²) in [6.07, 6.45) is 0.